The molecule has 1 unspecified atom stereocenters. The lowest BCUT2D eigenvalue weighted by molar-refractivity contribution is 0.0309. The second kappa shape index (κ2) is 6.41. The molecule has 1 aromatic carbocycles. The fraction of sp³-hybridized carbons (Fsp3) is 0.368. The summed E-state index contributed by atoms with van der Waals surface area (Å²) in [5.41, 5.74) is 2.16. The first-order chi connectivity index (χ1) is 10.7. The molecular formula is C19H23NO3. The van der Waals surface area contributed by atoms with E-state index >= 15 is 0 Å². The molecule has 0 bridgehead atoms. The van der Waals surface area contributed by atoms with Crippen LogP contribution >= 0.6 is 0 Å². The fourth-order valence-corrected chi connectivity index (χ4v) is 2.32. The van der Waals surface area contributed by atoms with Gasteiger partial charge in [-0.25, -0.2) is 4.79 Å². The number of ether oxygens (including phenoxy) is 1. The number of hydrogen-bond acceptors (Lipinski definition) is 3. The summed E-state index contributed by atoms with van der Waals surface area (Å²) < 4.78 is 6.94. The molecule has 23 heavy (non-hydrogen) atoms. The van der Waals surface area contributed by atoms with Gasteiger partial charge in [0.25, 0.3) is 0 Å². The molecule has 0 N–H and O–H groups in total. The zero-order chi connectivity index (χ0) is 17.2. The first kappa shape index (κ1) is 17.0. The minimum Gasteiger partial charge on any atom is -0.450 e. The lowest BCUT2D eigenvalue weighted by Crippen LogP contribution is -2.25. The lowest BCUT2D eigenvalue weighted by atomic mass is 9.86. The van der Waals surface area contributed by atoms with Crippen LogP contribution in [0.15, 0.2) is 42.6 Å². The Hall–Kier alpha value is -2.36. The van der Waals surface area contributed by atoms with Crippen LogP contribution < -0.4 is 0 Å². The second-order valence-corrected chi connectivity index (χ2v) is 6.74. The maximum Gasteiger partial charge on any atom is 0.355 e. The van der Waals surface area contributed by atoms with Crippen LogP contribution in [-0.4, -0.2) is 22.4 Å². The number of aromatic nitrogens is 1. The highest BCUT2D eigenvalue weighted by atomic mass is 16.5. The molecule has 0 aliphatic rings. The van der Waals surface area contributed by atoms with E-state index in [2.05, 4.69) is 20.8 Å². The molecule has 0 saturated heterocycles. The minimum atomic E-state index is -0.821. The van der Waals surface area contributed by atoms with E-state index in [0.717, 1.165) is 5.56 Å². The molecule has 0 fully saturated rings. The molecule has 1 heterocycles. The Morgan fingerprint density at radius 1 is 1.09 bits per heavy atom. The third-order valence-electron chi connectivity index (χ3n) is 3.84. The highest BCUT2D eigenvalue weighted by molar-refractivity contribution is 6.01. The van der Waals surface area contributed by atoms with Gasteiger partial charge in [-0.15, -0.1) is 0 Å². The third-order valence-corrected chi connectivity index (χ3v) is 3.84. The Bertz CT molecular complexity index is 705. The minimum absolute atomic E-state index is 0.0339. The smallest absolute Gasteiger partial charge is 0.355 e. The summed E-state index contributed by atoms with van der Waals surface area (Å²) in [7, 11) is 1.76. The predicted octanol–water partition coefficient (Wildman–Crippen LogP) is 3.75. The van der Waals surface area contributed by atoms with Crippen LogP contribution in [-0.2, 0) is 17.2 Å². The van der Waals surface area contributed by atoms with Crippen LogP contribution in [0.2, 0.25) is 0 Å². The number of ketones is 1. The number of Topliss-reactive ketones (excluding diaryl/α,β-unsaturated/α-hetero) is 1. The molecule has 0 aliphatic heterocycles. The van der Waals surface area contributed by atoms with Crippen molar-refractivity contribution < 1.29 is 14.3 Å². The van der Waals surface area contributed by atoms with Gasteiger partial charge in [0.05, 0.1) is 0 Å². The molecule has 122 valence electrons. The fourth-order valence-electron chi connectivity index (χ4n) is 2.32. The van der Waals surface area contributed by atoms with Crippen molar-refractivity contribution in [3.8, 4) is 0 Å². The van der Waals surface area contributed by atoms with Crippen molar-refractivity contribution in [3.05, 3.63) is 59.4 Å². The maximum absolute atomic E-state index is 12.4. The number of nitrogens with zero attached hydrogens (tertiary/aromatic N) is 1. The molecule has 0 spiro atoms. The quantitative estimate of drug-likeness (QED) is 0.638. The van der Waals surface area contributed by atoms with Crippen molar-refractivity contribution >= 4 is 11.8 Å². The van der Waals surface area contributed by atoms with Gasteiger partial charge in [-0.3, -0.25) is 4.79 Å². The summed E-state index contributed by atoms with van der Waals surface area (Å²) in [6.45, 7) is 7.96. The van der Waals surface area contributed by atoms with E-state index in [-0.39, 0.29) is 11.2 Å². The molecule has 0 aliphatic carbocycles. The monoisotopic (exact) mass is 313 g/mol. The van der Waals surface area contributed by atoms with E-state index in [0.29, 0.717) is 11.3 Å². The highest BCUT2D eigenvalue weighted by Crippen LogP contribution is 2.22. The lowest BCUT2D eigenvalue weighted by Gasteiger charge is -2.19. The Balaban J connectivity index is 2.08. The zero-order valence-electron chi connectivity index (χ0n) is 14.3. The number of benzene rings is 1. The van der Waals surface area contributed by atoms with Gasteiger partial charge in [-0.05, 0) is 30.0 Å². The number of esters is 1. The summed E-state index contributed by atoms with van der Waals surface area (Å²) in [5.74, 6) is -0.697. The Labute approximate surface area is 137 Å². The van der Waals surface area contributed by atoms with Crippen LogP contribution in [0.25, 0.3) is 0 Å². The van der Waals surface area contributed by atoms with E-state index in [1.807, 2.05) is 12.1 Å². The average molecular weight is 313 g/mol. The first-order valence-corrected chi connectivity index (χ1v) is 7.67. The van der Waals surface area contributed by atoms with Crippen molar-refractivity contribution in [2.45, 2.75) is 39.2 Å². The molecule has 0 radical (unpaired) electrons. The molecular weight excluding hydrogens is 290 g/mol. The van der Waals surface area contributed by atoms with Gasteiger partial charge in [0.15, 0.2) is 6.10 Å². The van der Waals surface area contributed by atoms with Gasteiger partial charge in [-0.1, -0.05) is 45.0 Å². The molecule has 1 atom stereocenters. The molecule has 2 aromatic rings. The van der Waals surface area contributed by atoms with E-state index in [1.165, 1.54) is 0 Å². The molecule has 0 amide bonds. The first-order valence-electron chi connectivity index (χ1n) is 7.67. The SMILES string of the molecule is CC(OC(=O)c1cccn1C)C(=O)c1ccc(C(C)(C)C)cc1. The van der Waals surface area contributed by atoms with Crippen LogP contribution in [0.1, 0.15) is 54.1 Å². The third kappa shape index (κ3) is 3.89. The van der Waals surface area contributed by atoms with E-state index < -0.39 is 12.1 Å². The van der Waals surface area contributed by atoms with E-state index in [9.17, 15) is 9.59 Å². The van der Waals surface area contributed by atoms with Crippen LogP contribution in [0, 0.1) is 0 Å². The second-order valence-electron chi connectivity index (χ2n) is 6.74. The number of aryl methyl sites for hydroxylation is 1. The standard InChI is InChI=1S/C19H23NO3/c1-13(23-18(22)16-7-6-12-20(16)5)17(21)14-8-10-15(11-9-14)19(2,3)4/h6-13H,1-5H3. The summed E-state index contributed by atoms with van der Waals surface area (Å²) in [4.78, 5) is 24.5. The van der Waals surface area contributed by atoms with Gasteiger partial charge in [-0.2, -0.15) is 0 Å². The predicted molar refractivity (Wildman–Crippen MR) is 89.8 cm³/mol. The van der Waals surface area contributed by atoms with Gasteiger partial charge in [0.2, 0.25) is 5.78 Å². The van der Waals surface area contributed by atoms with E-state index in [1.54, 1.807) is 49.0 Å². The Morgan fingerprint density at radius 3 is 2.17 bits per heavy atom. The van der Waals surface area contributed by atoms with Crippen LogP contribution in [0.4, 0.5) is 0 Å². The molecule has 4 heteroatoms. The summed E-state index contributed by atoms with van der Waals surface area (Å²) in [6, 6.07) is 10.9. The topological polar surface area (TPSA) is 48.3 Å². The van der Waals surface area contributed by atoms with E-state index in [4.69, 9.17) is 4.74 Å². The molecule has 2 rings (SSSR count). The number of carbonyl (C=O) groups excluding carboxylic acids is 2. The molecule has 0 saturated carbocycles. The van der Waals surface area contributed by atoms with Gasteiger partial charge in [0, 0.05) is 18.8 Å². The summed E-state index contributed by atoms with van der Waals surface area (Å²) in [5, 5.41) is 0. The zero-order valence-corrected chi connectivity index (χ0v) is 14.3. The van der Waals surface area contributed by atoms with Crippen LogP contribution in [0.3, 0.4) is 0 Å². The largest absolute Gasteiger partial charge is 0.450 e. The van der Waals surface area contributed by atoms with Crippen molar-refractivity contribution in [2.75, 3.05) is 0 Å². The molecule has 4 nitrogen and oxygen atoms in total. The average Bonchev–Trinajstić information content (AvgIpc) is 2.92. The van der Waals surface area contributed by atoms with Gasteiger partial charge < -0.3 is 9.30 Å². The van der Waals surface area contributed by atoms with Gasteiger partial charge >= 0.3 is 5.97 Å². The number of rotatable bonds is 4. The Kier molecular flexibility index (Phi) is 4.73. The van der Waals surface area contributed by atoms with Crippen molar-refractivity contribution in [1.29, 1.82) is 0 Å². The molecule has 1 aromatic heterocycles. The Morgan fingerprint density at radius 2 is 1.70 bits per heavy atom. The maximum atomic E-state index is 12.4. The normalized spacial score (nSPS) is 12.7. The summed E-state index contributed by atoms with van der Waals surface area (Å²) in [6.07, 6.45) is 0.937. The van der Waals surface area contributed by atoms with Crippen LogP contribution in [0.5, 0.6) is 0 Å². The summed E-state index contributed by atoms with van der Waals surface area (Å²) >= 11 is 0. The number of hydrogen-bond donors (Lipinski definition) is 0. The van der Waals surface area contributed by atoms with Crippen molar-refractivity contribution in [1.82, 2.24) is 4.57 Å². The van der Waals surface area contributed by atoms with Crippen molar-refractivity contribution in [3.63, 3.8) is 0 Å². The van der Waals surface area contributed by atoms with Gasteiger partial charge in [0.1, 0.15) is 5.69 Å². The highest BCUT2D eigenvalue weighted by Gasteiger charge is 2.22. The number of carbonyl (C=O) groups is 2. The van der Waals surface area contributed by atoms with Crippen molar-refractivity contribution in [2.24, 2.45) is 7.05 Å².